The van der Waals surface area contributed by atoms with Gasteiger partial charge in [-0.15, -0.1) is 11.3 Å². The zero-order chi connectivity index (χ0) is 18.4. The first kappa shape index (κ1) is 17.8. The van der Waals surface area contributed by atoms with Crippen molar-refractivity contribution in [3.63, 3.8) is 0 Å². The minimum atomic E-state index is -0.222. The van der Waals surface area contributed by atoms with E-state index >= 15 is 0 Å². The van der Waals surface area contributed by atoms with E-state index in [4.69, 9.17) is 14.0 Å². The van der Waals surface area contributed by atoms with Crippen LogP contribution in [0.4, 0.5) is 0 Å². The third-order valence-electron chi connectivity index (χ3n) is 3.60. The first-order valence-corrected chi connectivity index (χ1v) is 8.75. The molecule has 0 fully saturated rings. The van der Waals surface area contributed by atoms with Crippen LogP contribution in [0, 0.1) is 0 Å². The summed E-state index contributed by atoms with van der Waals surface area (Å²) in [4.78, 5) is 13.0. The standard InChI is InChI=1S/C19H18N2O4S/c1-23-15-7-5-13(10-16(15)24-2)6-8-19(22)20-12-14-11-17(25-21-14)18-4-3-9-26-18/h3-11H,12H2,1-2H3,(H,20,22)/b8-6+. The van der Waals surface area contributed by atoms with Gasteiger partial charge in [-0.25, -0.2) is 0 Å². The van der Waals surface area contributed by atoms with Crippen LogP contribution in [0.3, 0.4) is 0 Å². The van der Waals surface area contributed by atoms with Gasteiger partial charge in [-0.05, 0) is 35.2 Å². The Labute approximate surface area is 155 Å². The van der Waals surface area contributed by atoms with E-state index in [9.17, 15) is 4.79 Å². The first-order valence-electron chi connectivity index (χ1n) is 7.87. The van der Waals surface area contributed by atoms with Gasteiger partial charge >= 0.3 is 0 Å². The zero-order valence-corrected chi connectivity index (χ0v) is 15.2. The summed E-state index contributed by atoms with van der Waals surface area (Å²) in [6.07, 6.45) is 3.17. The fourth-order valence-electron chi connectivity index (χ4n) is 2.30. The number of hydrogen-bond donors (Lipinski definition) is 1. The lowest BCUT2D eigenvalue weighted by atomic mass is 10.2. The van der Waals surface area contributed by atoms with Gasteiger partial charge < -0.3 is 19.3 Å². The second-order valence-corrected chi connectivity index (χ2v) is 6.27. The Bertz CT molecular complexity index is 900. The van der Waals surface area contributed by atoms with Crippen molar-refractivity contribution in [2.24, 2.45) is 0 Å². The average Bonchev–Trinajstić information content (AvgIpc) is 3.35. The van der Waals surface area contributed by atoms with Crippen molar-refractivity contribution in [3.05, 3.63) is 59.1 Å². The van der Waals surface area contributed by atoms with E-state index in [2.05, 4.69) is 10.5 Å². The summed E-state index contributed by atoms with van der Waals surface area (Å²) < 4.78 is 15.7. The molecule has 1 aromatic carbocycles. The van der Waals surface area contributed by atoms with Crippen LogP contribution < -0.4 is 14.8 Å². The molecular formula is C19H18N2O4S. The van der Waals surface area contributed by atoms with Gasteiger partial charge in [-0.1, -0.05) is 17.3 Å². The molecular weight excluding hydrogens is 352 g/mol. The SMILES string of the molecule is COc1ccc(/C=C/C(=O)NCc2cc(-c3cccs3)on2)cc1OC. The van der Waals surface area contributed by atoms with Crippen molar-refractivity contribution in [1.29, 1.82) is 0 Å². The number of aromatic nitrogens is 1. The summed E-state index contributed by atoms with van der Waals surface area (Å²) in [6.45, 7) is 0.296. The average molecular weight is 370 g/mol. The number of rotatable bonds is 7. The van der Waals surface area contributed by atoms with Crippen LogP contribution in [-0.4, -0.2) is 25.3 Å². The van der Waals surface area contributed by atoms with E-state index in [1.165, 1.54) is 6.08 Å². The highest BCUT2D eigenvalue weighted by Crippen LogP contribution is 2.28. The van der Waals surface area contributed by atoms with Crippen molar-refractivity contribution in [2.45, 2.75) is 6.54 Å². The monoisotopic (exact) mass is 370 g/mol. The predicted molar refractivity (Wildman–Crippen MR) is 100 cm³/mol. The van der Waals surface area contributed by atoms with Gasteiger partial charge in [0.05, 0.1) is 25.6 Å². The molecule has 0 spiro atoms. The molecule has 134 valence electrons. The molecule has 2 aromatic heterocycles. The molecule has 0 unspecified atom stereocenters. The molecule has 0 bridgehead atoms. The fourth-order valence-corrected chi connectivity index (χ4v) is 2.97. The lowest BCUT2D eigenvalue weighted by Gasteiger charge is -2.07. The summed E-state index contributed by atoms with van der Waals surface area (Å²) in [5, 5.41) is 8.72. The molecule has 0 saturated carbocycles. The van der Waals surface area contributed by atoms with E-state index in [1.807, 2.05) is 29.6 Å². The summed E-state index contributed by atoms with van der Waals surface area (Å²) >= 11 is 1.57. The molecule has 0 atom stereocenters. The number of ether oxygens (including phenoxy) is 2. The van der Waals surface area contributed by atoms with Crippen LogP contribution in [0.2, 0.25) is 0 Å². The number of nitrogens with one attached hydrogen (secondary N) is 1. The van der Waals surface area contributed by atoms with Crippen molar-refractivity contribution >= 4 is 23.3 Å². The summed E-state index contributed by atoms with van der Waals surface area (Å²) in [5.41, 5.74) is 1.50. The number of amides is 1. The summed E-state index contributed by atoms with van der Waals surface area (Å²) in [5.74, 6) is 1.73. The number of nitrogens with zero attached hydrogens (tertiary/aromatic N) is 1. The third-order valence-corrected chi connectivity index (χ3v) is 4.49. The summed E-state index contributed by atoms with van der Waals surface area (Å²) in [6, 6.07) is 11.2. The van der Waals surface area contributed by atoms with Gasteiger partial charge in [0.15, 0.2) is 17.3 Å². The number of carbonyl (C=O) groups excluding carboxylic acids is 1. The summed E-state index contributed by atoms with van der Waals surface area (Å²) in [7, 11) is 3.15. The maximum atomic E-state index is 12.0. The van der Waals surface area contributed by atoms with Gasteiger partial charge in [0, 0.05) is 12.1 Å². The molecule has 1 N–H and O–H groups in total. The van der Waals surface area contributed by atoms with Crippen LogP contribution in [0.5, 0.6) is 11.5 Å². The third kappa shape index (κ3) is 4.31. The van der Waals surface area contributed by atoms with E-state index in [1.54, 1.807) is 43.8 Å². The van der Waals surface area contributed by atoms with Crippen LogP contribution in [0.25, 0.3) is 16.7 Å². The van der Waals surface area contributed by atoms with Crippen molar-refractivity contribution in [2.75, 3.05) is 14.2 Å². The topological polar surface area (TPSA) is 73.6 Å². The number of benzene rings is 1. The smallest absolute Gasteiger partial charge is 0.244 e. The molecule has 0 aliphatic heterocycles. The second kappa shape index (κ2) is 8.35. The van der Waals surface area contributed by atoms with Crippen molar-refractivity contribution < 1.29 is 18.8 Å². The lowest BCUT2D eigenvalue weighted by Crippen LogP contribution is -2.20. The van der Waals surface area contributed by atoms with Crippen LogP contribution in [0.15, 0.2) is 52.4 Å². The Balaban J connectivity index is 1.56. The molecule has 26 heavy (non-hydrogen) atoms. The van der Waals surface area contributed by atoms with Gasteiger partial charge in [-0.3, -0.25) is 4.79 Å². The molecule has 0 aliphatic carbocycles. The molecule has 0 aliphatic rings. The van der Waals surface area contributed by atoms with E-state index in [0.29, 0.717) is 29.5 Å². The highest BCUT2D eigenvalue weighted by atomic mass is 32.1. The molecule has 0 radical (unpaired) electrons. The van der Waals surface area contributed by atoms with Gasteiger partial charge in [0.2, 0.25) is 5.91 Å². The Morgan fingerprint density at radius 3 is 2.81 bits per heavy atom. The molecule has 3 aromatic rings. The second-order valence-electron chi connectivity index (χ2n) is 5.33. The number of methoxy groups -OCH3 is 2. The molecule has 2 heterocycles. The molecule has 1 amide bonds. The van der Waals surface area contributed by atoms with Gasteiger partial charge in [0.25, 0.3) is 0 Å². The lowest BCUT2D eigenvalue weighted by molar-refractivity contribution is -0.116. The van der Waals surface area contributed by atoms with E-state index in [0.717, 1.165) is 10.4 Å². The van der Waals surface area contributed by atoms with Gasteiger partial charge in [0.1, 0.15) is 5.69 Å². The van der Waals surface area contributed by atoms with Crippen LogP contribution >= 0.6 is 11.3 Å². The quantitative estimate of drug-likeness (QED) is 0.641. The van der Waals surface area contributed by atoms with Crippen molar-refractivity contribution in [1.82, 2.24) is 10.5 Å². The van der Waals surface area contributed by atoms with E-state index < -0.39 is 0 Å². The van der Waals surface area contributed by atoms with Crippen molar-refractivity contribution in [3.8, 4) is 22.1 Å². The normalized spacial score (nSPS) is 10.8. The fraction of sp³-hybridized carbons (Fsp3) is 0.158. The van der Waals surface area contributed by atoms with Crippen LogP contribution in [0.1, 0.15) is 11.3 Å². The first-order chi connectivity index (χ1) is 12.7. The molecule has 3 rings (SSSR count). The predicted octanol–water partition coefficient (Wildman–Crippen LogP) is 3.75. The maximum Gasteiger partial charge on any atom is 0.244 e. The zero-order valence-electron chi connectivity index (χ0n) is 14.4. The molecule has 0 saturated heterocycles. The Morgan fingerprint density at radius 2 is 2.08 bits per heavy atom. The molecule has 7 heteroatoms. The minimum absolute atomic E-state index is 0.222. The minimum Gasteiger partial charge on any atom is -0.493 e. The highest BCUT2D eigenvalue weighted by molar-refractivity contribution is 7.13. The highest BCUT2D eigenvalue weighted by Gasteiger charge is 2.08. The van der Waals surface area contributed by atoms with Crippen LogP contribution in [-0.2, 0) is 11.3 Å². The molecule has 6 nitrogen and oxygen atoms in total. The van der Waals surface area contributed by atoms with Gasteiger partial charge in [-0.2, -0.15) is 0 Å². The Kier molecular flexibility index (Phi) is 5.70. The number of hydrogen-bond acceptors (Lipinski definition) is 6. The Hall–Kier alpha value is -3.06. The maximum absolute atomic E-state index is 12.0. The largest absolute Gasteiger partial charge is 0.493 e. The number of carbonyl (C=O) groups is 1. The Morgan fingerprint density at radius 1 is 1.23 bits per heavy atom. The van der Waals surface area contributed by atoms with E-state index in [-0.39, 0.29) is 5.91 Å². The number of thiophene rings is 1.